The molecule has 1 atom stereocenters. The van der Waals surface area contributed by atoms with Crippen molar-refractivity contribution in [2.45, 2.75) is 49.2 Å². The molecule has 0 saturated carbocycles. The Morgan fingerprint density at radius 2 is 1.69 bits per heavy atom. The molecular formula is C37H37N3O6S2. The Kier molecular flexibility index (Phi) is 11.7. The van der Waals surface area contributed by atoms with Gasteiger partial charge >= 0.3 is 5.97 Å². The molecule has 1 aromatic heterocycles. The molecule has 1 aliphatic rings. The van der Waals surface area contributed by atoms with Crippen molar-refractivity contribution in [1.82, 2.24) is 5.32 Å². The Labute approximate surface area is 288 Å². The van der Waals surface area contributed by atoms with Crippen molar-refractivity contribution in [3.05, 3.63) is 112 Å². The highest BCUT2D eigenvalue weighted by atomic mass is 32.2. The zero-order chi connectivity index (χ0) is 34.0. The third-order valence-corrected chi connectivity index (χ3v) is 10.3. The molecule has 248 valence electrons. The SMILES string of the molecule is CCC(Sc1cccc(NC(=O)/C(=C/c2cccc(OC)c2)NC(=O)c2ccccc2)c1)C(=O)Nc1sc2c(c1C(=O)OC)CCCC2. The van der Waals surface area contributed by atoms with Gasteiger partial charge in [0.1, 0.15) is 16.4 Å². The molecule has 1 aliphatic carbocycles. The number of nitrogens with one attached hydrogen (secondary N) is 3. The van der Waals surface area contributed by atoms with Crippen LogP contribution in [0, 0.1) is 0 Å². The van der Waals surface area contributed by atoms with E-state index >= 15 is 0 Å². The van der Waals surface area contributed by atoms with Crippen LogP contribution in [-0.4, -0.2) is 43.2 Å². The minimum atomic E-state index is -0.522. The van der Waals surface area contributed by atoms with Gasteiger partial charge < -0.3 is 25.4 Å². The smallest absolute Gasteiger partial charge is 0.341 e. The number of thiophene rings is 1. The fraction of sp³-hybridized carbons (Fsp3) is 0.243. The molecule has 0 saturated heterocycles. The number of fused-ring (bicyclic) bond motifs is 1. The van der Waals surface area contributed by atoms with E-state index in [2.05, 4.69) is 16.0 Å². The number of carbonyl (C=O) groups excluding carboxylic acids is 4. The lowest BCUT2D eigenvalue weighted by Gasteiger charge is -2.16. The minimum absolute atomic E-state index is 0.0426. The average Bonchev–Trinajstić information content (AvgIpc) is 3.48. The third kappa shape index (κ3) is 8.53. The normalized spacial score (nSPS) is 13.1. The standard InChI is InChI=1S/C37H37N3O6S2/c1-4-30(35(43)40-36-32(37(44)46-3)28-18-8-9-19-31(28)48-36)47-27-17-11-15-25(22-27)38-34(42)29(21-23-12-10-16-26(20-23)45-2)39-33(41)24-13-6-5-7-14-24/h5-7,10-17,20-22,30H,4,8-9,18-19H2,1-3H3,(H,38,42)(H,39,41)(H,40,43)/b29-21-. The van der Waals surface area contributed by atoms with Gasteiger partial charge in [0, 0.05) is 21.0 Å². The zero-order valence-corrected chi connectivity index (χ0v) is 28.6. The average molecular weight is 684 g/mol. The molecule has 0 radical (unpaired) electrons. The number of hydrogen-bond acceptors (Lipinski definition) is 8. The first-order chi connectivity index (χ1) is 23.3. The van der Waals surface area contributed by atoms with Crippen LogP contribution in [0.3, 0.4) is 0 Å². The molecule has 11 heteroatoms. The first kappa shape index (κ1) is 34.5. The van der Waals surface area contributed by atoms with E-state index in [1.54, 1.807) is 79.9 Å². The number of thioether (sulfide) groups is 1. The number of rotatable bonds is 12. The van der Waals surface area contributed by atoms with Gasteiger partial charge in [-0.05, 0) is 91.8 Å². The molecular weight excluding hydrogens is 647 g/mol. The Morgan fingerprint density at radius 1 is 0.917 bits per heavy atom. The topological polar surface area (TPSA) is 123 Å². The van der Waals surface area contributed by atoms with E-state index < -0.39 is 23.0 Å². The third-order valence-electron chi connectivity index (χ3n) is 7.76. The number of amides is 3. The van der Waals surface area contributed by atoms with Gasteiger partial charge in [-0.3, -0.25) is 14.4 Å². The second-order valence-electron chi connectivity index (χ2n) is 11.0. The first-order valence-corrected chi connectivity index (χ1v) is 17.3. The van der Waals surface area contributed by atoms with Crippen molar-refractivity contribution in [2.75, 3.05) is 24.9 Å². The molecule has 0 aliphatic heterocycles. The predicted molar refractivity (Wildman–Crippen MR) is 191 cm³/mol. The number of aryl methyl sites for hydroxylation is 1. The van der Waals surface area contributed by atoms with Gasteiger partial charge in [0.25, 0.3) is 11.8 Å². The molecule has 1 heterocycles. The van der Waals surface area contributed by atoms with Crippen LogP contribution < -0.4 is 20.7 Å². The quantitative estimate of drug-likeness (QED) is 0.0811. The molecule has 3 aromatic carbocycles. The van der Waals surface area contributed by atoms with Crippen molar-refractivity contribution in [3.63, 3.8) is 0 Å². The minimum Gasteiger partial charge on any atom is -0.497 e. The second kappa shape index (κ2) is 16.3. The largest absolute Gasteiger partial charge is 0.497 e. The van der Waals surface area contributed by atoms with Gasteiger partial charge in [-0.15, -0.1) is 23.1 Å². The van der Waals surface area contributed by atoms with E-state index in [0.29, 0.717) is 39.5 Å². The number of hydrogen-bond donors (Lipinski definition) is 3. The van der Waals surface area contributed by atoms with Crippen LogP contribution in [-0.2, 0) is 27.2 Å². The maximum absolute atomic E-state index is 13.6. The highest BCUT2D eigenvalue weighted by Gasteiger charge is 2.28. The molecule has 5 rings (SSSR count). The zero-order valence-electron chi connectivity index (χ0n) is 27.0. The maximum atomic E-state index is 13.6. The Balaban J connectivity index is 1.32. The van der Waals surface area contributed by atoms with Crippen molar-refractivity contribution in [2.24, 2.45) is 0 Å². The molecule has 0 spiro atoms. The molecule has 9 nitrogen and oxygen atoms in total. The molecule has 4 aromatic rings. The fourth-order valence-corrected chi connectivity index (χ4v) is 7.63. The Hall–Kier alpha value is -4.87. The van der Waals surface area contributed by atoms with Gasteiger partial charge in [-0.1, -0.05) is 43.3 Å². The van der Waals surface area contributed by atoms with E-state index in [4.69, 9.17) is 9.47 Å². The summed E-state index contributed by atoms with van der Waals surface area (Å²) in [5.41, 5.74) is 3.05. The highest BCUT2D eigenvalue weighted by molar-refractivity contribution is 8.00. The highest BCUT2D eigenvalue weighted by Crippen LogP contribution is 2.39. The van der Waals surface area contributed by atoms with Crippen LogP contribution in [0.15, 0.2) is 89.5 Å². The van der Waals surface area contributed by atoms with Crippen molar-refractivity contribution < 1.29 is 28.7 Å². The summed E-state index contributed by atoms with van der Waals surface area (Å²) >= 11 is 2.82. The lowest BCUT2D eigenvalue weighted by molar-refractivity contribution is -0.116. The Bertz CT molecular complexity index is 1840. The van der Waals surface area contributed by atoms with E-state index in [-0.39, 0.29) is 11.6 Å². The van der Waals surface area contributed by atoms with Crippen molar-refractivity contribution in [3.8, 4) is 5.75 Å². The first-order valence-electron chi connectivity index (χ1n) is 15.6. The van der Waals surface area contributed by atoms with E-state index in [9.17, 15) is 19.2 Å². The van der Waals surface area contributed by atoms with Gasteiger partial charge in [-0.25, -0.2) is 4.79 Å². The molecule has 0 bridgehead atoms. The van der Waals surface area contributed by atoms with Gasteiger partial charge in [-0.2, -0.15) is 0 Å². The maximum Gasteiger partial charge on any atom is 0.341 e. The van der Waals surface area contributed by atoms with Crippen LogP contribution in [0.1, 0.15) is 62.9 Å². The number of benzene rings is 3. The molecule has 3 N–H and O–H groups in total. The monoisotopic (exact) mass is 683 g/mol. The fourth-order valence-electron chi connectivity index (χ4n) is 5.34. The summed E-state index contributed by atoms with van der Waals surface area (Å²) in [5.74, 6) is -0.993. The van der Waals surface area contributed by atoms with Gasteiger partial charge in [0.05, 0.1) is 25.0 Å². The summed E-state index contributed by atoms with van der Waals surface area (Å²) in [4.78, 5) is 54.7. The summed E-state index contributed by atoms with van der Waals surface area (Å²) in [5, 5.41) is 8.71. The van der Waals surface area contributed by atoms with Crippen LogP contribution in [0.4, 0.5) is 10.7 Å². The Morgan fingerprint density at radius 3 is 2.44 bits per heavy atom. The molecule has 0 fully saturated rings. The van der Waals surface area contributed by atoms with Crippen LogP contribution in [0.25, 0.3) is 6.08 Å². The van der Waals surface area contributed by atoms with Gasteiger partial charge in [0.15, 0.2) is 0 Å². The number of esters is 1. The summed E-state index contributed by atoms with van der Waals surface area (Å²) in [7, 11) is 2.91. The van der Waals surface area contributed by atoms with Crippen LogP contribution in [0.5, 0.6) is 5.75 Å². The van der Waals surface area contributed by atoms with E-state index in [1.165, 1.54) is 30.2 Å². The van der Waals surface area contributed by atoms with Crippen molar-refractivity contribution in [1.29, 1.82) is 0 Å². The van der Waals surface area contributed by atoms with Crippen LogP contribution >= 0.6 is 23.1 Å². The summed E-state index contributed by atoms with van der Waals surface area (Å²) in [6.07, 6.45) is 5.85. The molecule has 48 heavy (non-hydrogen) atoms. The number of carbonyl (C=O) groups is 4. The van der Waals surface area contributed by atoms with Gasteiger partial charge in [0.2, 0.25) is 5.91 Å². The molecule has 1 unspecified atom stereocenters. The predicted octanol–water partition coefficient (Wildman–Crippen LogP) is 7.34. The lowest BCUT2D eigenvalue weighted by atomic mass is 9.95. The molecule has 3 amide bonds. The summed E-state index contributed by atoms with van der Waals surface area (Å²) in [6.45, 7) is 1.93. The second-order valence-corrected chi connectivity index (χ2v) is 13.4. The summed E-state index contributed by atoms with van der Waals surface area (Å²) < 4.78 is 10.4. The number of ether oxygens (including phenoxy) is 2. The lowest BCUT2D eigenvalue weighted by Crippen LogP contribution is -2.30. The van der Waals surface area contributed by atoms with Crippen LogP contribution in [0.2, 0.25) is 0 Å². The van der Waals surface area contributed by atoms with Crippen molar-refractivity contribution >= 4 is 63.6 Å². The summed E-state index contributed by atoms with van der Waals surface area (Å²) in [6, 6.07) is 23.0. The van der Waals surface area contributed by atoms with E-state index in [1.807, 2.05) is 19.1 Å². The number of anilines is 2. The van der Waals surface area contributed by atoms with E-state index in [0.717, 1.165) is 41.0 Å². The number of methoxy groups -OCH3 is 2.